The Kier molecular flexibility index (Phi) is 2.39. The fraction of sp³-hybridized carbons (Fsp3) is 0.583. The van der Waals surface area contributed by atoms with Crippen LogP contribution in [0.25, 0.3) is 0 Å². The van der Waals surface area contributed by atoms with Gasteiger partial charge in [-0.1, -0.05) is 11.6 Å². The molecule has 0 unspecified atom stereocenters. The van der Waals surface area contributed by atoms with Crippen molar-refractivity contribution in [3.05, 3.63) is 18.0 Å². The number of carbonyl (C=O) groups is 2. The molecule has 1 aliphatic carbocycles. The van der Waals surface area contributed by atoms with Gasteiger partial charge in [0.15, 0.2) is 5.69 Å². The highest BCUT2D eigenvalue weighted by Crippen LogP contribution is 2.49. The van der Waals surface area contributed by atoms with Gasteiger partial charge in [-0.05, 0) is 18.8 Å². The van der Waals surface area contributed by atoms with Crippen molar-refractivity contribution in [1.82, 2.24) is 10.1 Å². The van der Waals surface area contributed by atoms with Crippen molar-refractivity contribution in [1.29, 1.82) is 0 Å². The molecule has 6 heteroatoms. The molecule has 1 amide bonds. The highest BCUT2D eigenvalue weighted by Gasteiger charge is 2.55. The number of carboxylic acids is 1. The standard InChI is InChI=1S/C12H14N2O4/c15-10(9-3-5-18-13-9)14-6-8-2-1-4-12(8,7-14)11(16)17/h3,5,8H,1-2,4,6-7H2,(H,16,17)/t8-,12+/m0/s1. The molecule has 18 heavy (non-hydrogen) atoms. The highest BCUT2D eigenvalue weighted by molar-refractivity contribution is 5.93. The Hall–Kier alpha value is -1.85. The third kappa shape index (κ3) is 1.45. The average molecular weight is 250 g/mol. The summed E-state index contributed by atoms with van der Waals surface area (Å²) in [6.07, 6.45) is 3.82. The molecule has 0 bridgehead atoms. The Morgan fingerprint density at radius 3 is 3.00 bits per heavy atom. The van der Waals surface area contributed by atoms with Crippen LogP contribution in [-0.4, -0.2) is 40.1 Å². The normalized spacial score (nSPS) is 30.4. The van der Waals surface area contributed by atoms with Gasteiger partial charge in [0.1, 0.15) is 6.26 Å². The summed E-state index contributed by atoms with van der Waals surface area (Å²) >= 11 is 0. The van der Waals surface area contributed by atoms with Crippen LogP contribution in [-0.2, 0) is 4.79 Å². The lowest BCUT2D eigenvalue weighted by molar-refractivity contribution is -0.149. The Morgan fingerprint density at radius 2 is 2.39 bits per heavy atom. The average Bonchev–Trinajstić information content (AvgIpc) is 3.03. The van der Waals surface area contributed by atoms with E-state index in [1.54, 1.807) is 4.90 Å². The molecule has 2 atom stereocenters. The first-order chi connectivity index (χ1) is 8.63. The minimum Gasteiger partial charge on any atom is -0.481 e. The molecule has 1 aliphatic heterocycles. The SMILES string of the molecule is O=C(c1ccon1)N1C[C@@H]2CCC[C@@]2(C(=O)O)C1. The third-order valence-corrected chi connectivity index (χ3v) is 4.24. The predicted octanol–water partition coefficient (Wildman–Crippen LogP) is 1.00. The van der Waals surface area contributed by atoms with E-state index in [0.29, 0.717) is 19.5 Å². The first-order valence-corrected chi connectivity index (χ1v) is 6.06. The maximum absolute atomic E-state index is 12.1. The second-order valence-electron chi connectivity index (χ2n) is 5.12. The Balaban J connectivity index is 1.83. The summed E-state index contributed by atoms with van der Waals surface area (Å²) in [7, 11) is 0. The molecular weight excluding hydrogens is 236 g/mol. The summed E-state index contributed by atoms with van der Waals surface area (Å²) in [5.74, 6) is -0.940. The molecule has 1 saturated carbocycles. The number of rotatable bonds is 2. The first-order valence-electron chi connectivity index (χ1n) is 6.06. The van der Waals surface area contributed by atoms with E-state index in [4.69, 9.17) is 0 Å². The molecular formula is C12H14N2O4. The lowest BCUT2D eigenvalue weighted by atomic mass is 9.81. The smallest absolute Gasteiger partial charge is 0.311 e. The van der Waals surface area contributed by atoms with Crippen molar-refractivity contribution in [2.45, 2.75) is 19.3 Å². The van der Waals surface area contributed by atoms with Crippen LogP contribution < -0.4 is 0 Å². The van der Waals surface area contributed by atoms with Gasteiger partial charge < -0.3 is 14.5 Å². The first kappa shape index (κ1) is 11.3. The van der Waals surface area contributed by atoms with Crippen LogP contribution in [0.4, 0.5) is 0 Å². The largest absolute Gasteiger partial charge is 0.481 e. The summed E-state index contributed by atoms with van der Waals surface area (Å²) < 4.78 is 4.65. The van der Waals surface area contributed by atoms with Crippen LogP contribution in [0.15, 0.2) is 16.9 Å². The lowest BCUT2D eigenvalue weighted by Crippen LogP contribution is -2.37. The van der Waals surface area contributed by atoms with Crippen molar-refractivity contribution in [3.8, 4) is 0 Å². The minimum atomic E-state index is -0.777. The van der Waals surface area contributed by atoms with Crippen LogP contribution >= 0.6 is 0 Å². The number of hydrogen-bond acceptors (Lipinski definition) is 4. The van der Waals surface area contributed by atoms with E-state index in [9.17, 15) is 14.7 Å². The summed E-state index contributed by atoms with van der Waals surface area (Å²) in [6.45, 7) is 0.802. The maximum atomic E-state index is 12.1. The van der Waals surface area contributed by atoms with Crippen LogP contribution in [0.5, 0.6) is 0 Å². The summed E-state index contributed by atoms with van der Waals surface area (Å²) in [5, 5.41) is 13.0. The zero-order valence-corrected chi connectivity index (χ0v) is 9.83. The monoisotopic (exact) mass is 250 g/mol. The van der Waals surface area contributed by atoms with Gasteiger partial charge in [-0.3, -0.25) is 9.59 Å². The van der Waals surface area contributed by atoms with Crippen LogP contribution in [0.1, 0.15) is 29.8 Å². The second-order valence-corrected chi connectivity index (χ2v) is 5.12. The van der Waals surface area contributed by atoms with Crippen LogP contribution in [0.3, 0.4) is 0 Å². The van der Waals surface area contributed by atoms with Gasteiger partial charge in [-0.2, -0.15) is 0 Å². The molecule has 2 heterocycles. The Bertz CT molecular complexity index is 484. The van der Waals surface area contributed by atoms with Gasteiger partial charge in [0.25, 0.3) is 5.91 Å². The zero-order valence-electron chi connectivity index (χ0n) is 9.83. The number of aromatic nitrogens is 1. The minimum absolute atomic E-state index is 0.0749. The number of nitrogens with zero attached hydrogens (tertiary/aromatic N) is 2. The van der Waals surface area contributed by atoms with Crippen molar-refractivity contribution >= 4 is 11.9 Å². The third-order valence-electron chi connectivity index (χ3n) is 4.24. The molecule has 2 fully saturated rings. The van der Waals surface area contributed by atoms with Crippen molar-refractivity contribution in [3.63, 3.8) is 0 Å². The zero-order chi connectivity index (χ0) is 12.8. The van der Waals surface area contributed by atoms with E-state index < -0.39 is 11.4 Å². The topological polar surface area (TPSA) is 83.6 Å². The van der Waals surface area contributed by atoms with Gasteiger partial charge in [0.05, 0.1) is 5.41 Å². The van der Waals surface area contributed by atoms with Gasteiger partial charge in [0.2, 0.25) is 0 Å². The maximum Gasteiger partial charge on any atom is 0.311 e. The van der Waals surface area contributed by atoms with Crippen LogP contribution in [0.2, 0.25) is 0 Å². The summed E-state index contributed by atoms with van der Waals surface area (Å²) in [4.78, 5) is 25.2. The molecule has 1 aromatic heterocycles. The molecule has 1 N–H and O–H groups in total. The van der Waals surface area contributed by atoms with Gasteiger partial charge in [-0.25, -0.2) is 0 Å². The van der Waals surface area contributed by atoms with Crippen LogP contribution in [0, 0.1) is 11.3 Å². The number of likely N-dealkylation sites (tertiary alicyclic amines) is 1. The summed E-state index contributed by atoms with van der Waals surface area (Å²) in [6, 6.07) is 1.50. The molecule has 6 nitrogen and oxygen atoms in total. The van der Waals surface area contributed by atoms with Crippen molar-refractivity contribution < 1.29 is 19.2 Å². The van der Waals surface area contributed by atoms with Crippen molar-refractivity contribution in [2.75, 3.05) is 13.1 Å². The van der Waals surface area contributed by atoms with Gasteiger partial charge in [0, 0.05) is 19.2 Å². The predicted molar refractivity (Wildman–Crippen MR) is 59.8 cm³/mol. The number of carbonyl (C=O) groups excluding carboxylic acids is 1. The lowest BCUT2D eigenvalue weighted by Gasteiger charge is -2.22. The van der Waals surface area contributed by atoms with Gasteiger partial charge in [-0.15, -0.1) is 0 Å². The highest BCUT2D eigenvalue weighted by atomic mass is 16.5. The number of aliphatic carboxylic acids is 1. The van der Waals surface area contributed by atoms with Gasteiger partial charge >= 0.3 is 5.97 Å². The van der Waals surface area contributed by atoms with E-state index in [1.807, 2.05) is 0 Å². The molecule has 0 aromatic carbocycles. The Morgan fingerprint density at radius 1 is 1.56 bits per heavy atom. The van der Waals surface area contributed by atoms with E-state index in [0.717, 1.165) is 12.8 Å². The molecule has 3 rings (SSSR count). The summed E-state index contributed by atoms with van der Waals surface area (Å²) in [5.41, 5.74) is -0.491. The second kappa shape index (κ2) is 3.83. The molecule has 0 radical (unpaired) electrons. The van der Waals surface area contributed by atoms with Crippen molar-refractivity contribution in [2.24, 2.45) is 11.3 Å². The van der Waals surface area contributed by atoms with E-state index in [-0.39, 0.29) is 17.5 Å². The fourth-order valence-corrected chi connectivity index (χ4v) is 3.28. The van der Waals surface area contributed by atoms with E-state index >= 15 is 0 Å². The molecule has 1 saturated heterocycles. The molecule has 2 aliphatic rings. The van der Waals surface area contributed by atoms with E-state index in [2.05, 4.69) is 9.68 Å². The fourth-order valence-electron chi connectivity index (χ4n) is 3.28. The number of hydrogen-bond donors (Lipinski definition) is 1. The number of fused-ring (bicyclic) bond motifs is 1. The molecule has 0 spiro atoms. The number of amides is 1. The Labute approximate surface area is 104 Å². The quantitative estimate of drug-likeness (QED) is 0.846. The van der Waals surface area contributed by atoms with E-state index in [1.165, 1.54) is 12.3 Å². The molecule has 96 valence electrons. The molecule has 1 aromatic rings. The number of carboxylic acid groups (broad SMARTS) is 1.